The number of aliphatic hydroxyl groups excluding tert-OH is 1. The molecule has 2 heterocycles. The number of pyridine rings is 1. The normalized spacial score (nSPS) is 19.6. The summed E-state index contributed by atoms with van der Waals surface area (Å²) >= 11 is 6.19. The summed E-state index contributed by atoms with van der Waals surface area (Å²) in [5, 5.41) is 18.4. The minimum absolute atomic E-state index is 0.220. The van der Waals surface area contributed by atoms with Crippen LogP contribution in [0.2, 0.25) is 5.02 Å². The van der Waals surface area contributed by atoms with Gasteiger partial charge in [-0.15, -0.1) is 0 Å². The largest absolute Gasteiger partial charge is 0.396 e. The fourth-order valence-corrected chi connectivity index (χ4v) is 2.69. The van der Waals surface area contributed by atoms with Gasteiger partial charge in [-0.05, 0) is 31.2 Å². The zero-order valence-electron chi connectivity index (χ0n) is 10.1. The van der Waals surface area contributed by atoms with Crippen molar-refractivity contribution in [3.8, 4) is 6.07 Å². The first-order chi connectivity index (χ1) is 8.76. The van der Waals surface area contributed by atoms with Crippen LogP contribution in [0.25, 0.3) is 0 Å². The molecule has 1 aliphatic heterocycles. The van der Waals surface area contributed by atoms with E-state index < -0.39 is 0 Å². The smallest absolute Gasteiger partial charge is 0.148 e. The van der Waals surface area contributed by atoms with Gasteiger partial charge in [-0.25, -0.2) is 4.98 Å². The fourth-order valence-electron chi connectivity index (χ4n) is 2.42. The van der Waals surface area contributed by atoms with Crippen LogP contribution < -0.4 is 4.90 Å². The highest BCUT2D eigenvalue weighted by Gasteiger charge is 2.22. The lowest BCUT2D eigenvalue weighted by Gasteiger charge is -2.33. The molecule has 1 aromatic rings. The van der Waals surface area contributed by atoms with Crippen LogP contribution in [-0.4, -0.2) is 29.8 Å². The SMILES string of the molecule is N#Cc1ccnc(N2CCCC(CCO)C2)c1Cl. The lowest BCUT2D eigenvalue weighted by molar-refractivity contribution is 0.244. The maximum absolute atomic E-state index is 9.01. The fraction of sp³-hybridized carbons (Fsp3) is 0.538. The molecule has 0 spiro atoms. The number of anilines is 1. The van der Waals surface area contributed by atoms with E-state index in [-0.39, 0.29) is 6.61 Å². The second kappa shape index (κ2) is 6.03. The molecule has 5 heteroatoms. The van der Waals surface area contributed by atoms with E-state index >= 15 is 0 Å². The lowest BCUT2D eigenvalue weighted by Crippen LogP contribution is -2.36. The van der Waals surface area contributed by atoms with E-state index in [1.165, 1.54) is 0 Å². The Balaban J connectivity index is 2.18. The Hall–Kier alpha value is -1.31. The summed E-state index contributed by atoms with van der Waals surface area (Å²) in [7, 11) is 0. The minimum atomic E-state index is 0.220. The molecular weight excluding hydrogens is 250 g/mol. The monoisotopic (exact) mass is 265 g/mol. The Morgan fingerprint density at radius 1 is 1.61 bits per heavy atom. The van der Waals surface area contributed by atoms with E-state index in [2.05, 4.69) is 16.0 Å². The van der Waals surface area contributed by atoms with Gasteiger partial charge in [-0.1, -0.05) is 11.6 Å². The van der Waals surface area contributed by atoms with E-state index in [4.69, 9.17) is 22.0 Å². The Kier molecular flexibility index (Phi) is 4.40. The molecule has 1 aliphatic rings. The third-order valence-electron chi connectivity index (χ3n) is 3.35. The maximum atomic E-state index is 9.01. The molecule has 0 radical (unpaired) electrons. The second-order valence-corrected chi connectivity index (χ2v) is 4.95. The summed E-state index contributed by atoms with van der Waals surface area (Å²) in [6.07, 6.45) is 4.63. The minimum Gasteiger partial charge on any atom is -0.396 e. The summed E-state index contributed by atoms with van der Waals surface area (Å²) in [4.78, 5) is 6.40. The predicted molar refractivity (Wildman–Crippen MR) is 70.6 cm³/mol. The molecular formula is C13H16ClN3O. The first-order valence-electron chi connectivity index (χ1n) is 6.16. The average Bonchev–Trinajstić information content (AvgIpc) is 2.40. The maximum Gasteiger partial charge on any atom is 0.148 e. The van der Waals surface area contributed by atoms with Gasteiger partial charge in [0.15, 0.2) is 0 Å². The molecule has 0 aliphatic carbocycles. The van der Waals surface area contributed by atoms with Gasteiger partial charge in [0.1, 0.15) is 16.9 Å². The van der Waals surface area contributed by atoms with Crippen LogP contribution in [0.5, 0.6) is 0 Å². The van der Waals surface area contributed by atoms with Crippen molar-refractivity contribution in [1.29, 1.82) is 5.26 Å². The second-order valence-electron chi connectivity index (χ2n) is 4.57. The summed E-state index contributed by atoms with van der Waals surface area (Å²) < 4.78 is 0. The van der Waals surface area contributed by atoms with Gasteiger partial charge in [0, 0.05) is 25.9 Å². The zero-order valence-corrected chi connectivity index (χ0v) is 10.9. The van der Waals surface area contributed by atoms with Gasteiger partial charge in [0.25, 0.3) is 0 Å². The van der Waals surface area contributed by atoms with Crippen LogP contribution in [0.3, 0.4) is 0 Å². The van der Waals surface area contributed by atoms with Crippen LogP contribution in [-0.2, 0) is 0 Å². The Morgan fingerprint density at radius 3 is 3.17 bits per heavy atom. The number of halogens is 1. The molecule has 0 bridgehead atoms. The Labute approximate surface area is 112 Å². The van der Waals surface area contributed by atoms with Gasteiger partial charge in [0.05, 0.1) is 5.56 Å². The molecule has 1 fully saturated rings. The van der Waals surface area contributed by atoms with Gasteiger partial charge in [-0.3, -0.25) is 0 Å². The topological polar surface area (TPSA) is 60.2 Å². The number of nitrogens with zero attached hydrogens (tertiary/aromatic N) is 3. The van der Waals surface area contributed by atoms with Gasteiger partial charge >= 0.3 is 0 Å². The summed E-state index contributed by atoms with van der Waals surface area (Å²) in [6, 6.07) is 3.70. The summed E-state index contributed by atoms with van der Waals surface area (Å²) in [6.45, 7) is 1.98. The molecule has 2 rings (SSSR count). The molecule has 1 unspecified atom stereocenters. The number of hydrogen-bond acceptors (Lipinski definition) is 4. The highest BCUT2D eigenvalue weighted by molar-refractivity contribution is 6.34. The van der Waals surface area contributed by atoms with Gasteiger partial charge in [-0.2, -0.15) is 5.26 Å². The Bertz CT molecular complexity index is 456. The predicted octanol–water partition coefficient (Wildman–Crippen LogP) is 2.21. The molecule has 1 saturated heterocycles. The third kappa shape index (κ3) is 2.74. The summed E-state index contributed by atoms with van der Waals surface area (Å²) in [5.41, 5.74) is 0.464. The van der Waals surface area contributed by atoms with E-state index in [0.717, 1.165) is 32.4 Å². The van der Waals surface area contributed by atoms with Crippen molar-refractivity contribution in [2.24, 2.45) is 5.92 Å². The van der Waals surface area contributed by atoms with Crippen LogP contribution in [0, 0.1) is 17.2 Å². The molecule has 0 aromatic carbocycles. The zero-order chi connectivity index (χ0) is 13.0. The molecule has 1 atom stereocenters. The van der Waals surface area contributed by atoms with Gasteiger partial charge < -0.3 is 10.0 Å². The molecule has 1 N–H and O–H groups in total. The number of piperidine rings is 1. The number of rotatable bonds is 3. The van der Waals surface area contributed by atoms with Crippen molar-refractivity contribution in [3.63, 3.8) is 0 Å². The lowest BCUT2D eigenvalue weighted by atomic mass is 9.95. The first-order valence-corrected chi connectivity index (χ1v) is 6.54. The molecule has 0 amide bonds. The van der Waals surface area contributed by atoms with Crippen LogP contribution in [0.15, 0.2) is 12.3 Å². The highest BCUT2D eigenvalue weighted by Crippen LogP contribution is 2.30. The van der Waals surface area contributed by atoms with Crippen LogP contribution in [0.4, 0.5) is 5.82 Å². The first kappa shape index (κ1) is 13.1. The van der Waals surface area contributed by atoms with Crippen LogP contribution in [0.1, 0.15) is 24.8 Å². The van der Waals surface area contributed by atoms with Crippen molar-refractivity contribution >= 4 is 17.4 Å². The number of aromatic nitrogens is 1. The third-order valence-corrected chi connectivity index (χ3v) is 3.72. The van der Waals surface area contributed by atoms with Crippen molar-refractivity contribution in [1.82, 2.24) is 4.98 Å². The van der Waals surface area contributed by atoms with E-state index in [0.29, 0.717) is 22.3 Å². The molecule has 1 aromatic heterocycles. The van der Waals surface area contributed by atoms with E-state index in [1.807, 2.05) is 0 Å². The number of nitriles is 1. The molecule has 4 nitrogen and oxygen atoms in total. The van der Waals surface area contributed by atoms with E-state index in [1.54, 1.807) is 12.3 Å². The Morgan fingerprint density at radius 2 is 2.44 bits per heavy atom. The van der Waals surface area contributed by atoms with Crippen molar-refractivity contribution in [2.75, 3.05) is 24.6 Å². The molecule has 0 saturated carbocycles. The number of hydrogen-bond donors (Lipinski definition) is 1. The average molecular weight is 266 g/mol. The van der Waals surface area contributed by atoms with Crippen LogP contribution >= 0.6 is 11.6 Å². The quantitative estimate of drug-likeness (QED) is 0.910. The van der Waals surface area contributed by atoms with E-state index in [9.17, 15) is 0 Å². The number of aliphatic hydroxyl groups is 1. The highest BCUT2D eigenvalue weighted by atomic mass is 35.5. The molecule has 96 valence electrons. The van der Waals surface area contributed by atoms with Crippen molar-refractivity contribution < 1.29 is 5.11 Å². The molecule has 18 heavy (non-hydrogen) atoms. The van der Waals surface area contributed by atoms with Crippen molar-refractivity contribution in [2.45, 2.75) is 19.3 Å². The van der Waals surface area contributed by atoms with Crippen molar-refractivity contribution in [3.05, 3.63) is 22.8 Å². The summed E-state index contributed by atoms with van der Waals surface area (Å²) in [5.74, 6) is 1.17. The van der Waals surface area contributed by atoms with Gasteiger partial charge in [0.2, 0.25) is 0 Å². The standard InChI is InChI=1S/C13H16ClN3O/c14-12-11(8-15)3-5-16-13(12)17-6-1-2-10(9-17)4-7-18/h3,5,10,18H,1-2,4,6-7,9H2.